The van der Waals surface area contributed by atoms with Gasteiger partial charge in [-0.25, -0.2) is 8.42 Å². The standard InChI is InChI=1S/C23H20N2O6S/c1-30-16-9-12-21(31-2)20(13-16)24-32(28,29)17-10-7-15(8-11-17)14-25-22(26)18-5-3-4-6-19(18)23(25)27/h3-13,24H,14H2,1-2H3. The predicted octanol–water partition coefficient (Wildman–Crippen LogP) is 3.30. The highest BCUT2D eigenvalue weighted by molar-refractivity contribution is 7.92. The topological polar surface area (TPSA) is 102 Å². The average Bonchev–Trinajstić information content (AvgIpc) is 3.04. The maximum atomic E-state index is 12.9. The number of carbonyl (C=O) groups excluding carboxylic acids is 2. The number of benzene rings is 3. The van der Waals surface area contributed by atoms with Crippen molar-refractivity contribution in [3.8, 4) is 11.5 Å². The zero-order valence-electron chi connectivity index (χ0n) is 17.4. The molecule has 0 bridgehead atoms. The summed E-state index contributed by atoms with van der Waals surface area (Å²) in [7, 11) is -0.996. The van der Waals surface area contributed by atoms with Gasteiger partial charge in [-0.05, 0) is 42.0 Å². The van der Waals surface area contributed by atoms with Gasteiger partial charge in [0, 0.05) is 6.07 Å². The summed E-state index contributed by atoms with van der Waals surface area (Å²) < 4.78 is 38.6. The SMILES string of the molecule is COc1ccc(OC)c(NS(=O)(=O)c2ccc(CN3C(=O)c4ccccc4C3=O)cc2)c1. The number of amides is 2. The molecule has 0 saturated carbocycles. The van der Waals surface area contributed by atoms with Crippen molar-refractivity contribution in [3.63, 3.8) is 0 Å². The van der Waals surface area contributed by atoms with Gasteiger partial charge in [0.25, 0.3) is 21.8 Å². The summed E-state index contributed by atoms with van der Waals surface area (Å²) in [6, 6.07) is 17.4. The third-order valence-corrected chi connectivity index (χ3v) is 6.48. The summed E-state index contributed by atoms with van der Waals surface area (Å²) in [5.41, 5.74) is 1.60. The van der Waals surface area contributed by atoms with Crippen molar-refractivity contribution in [3.05, 3.63) is 83.4 Å². The third-order valence-electron chi connectivity index (χ3n) is 5.10. The second-order valence-electron chi connectivity index (χ2n) is 7.06. The largest absolute Gasteiger partial charge is 0.497 e. The first-order valence-electron chi connectivity index (χ1n) is 9.63. The molecule has 4 rings (SSSR count). The summed E-state index contributed by atoms with van der Waals surface area (Å²) in [6.45, 7) is 0.0454. The van der Waals surface area contributed by atoms with Crippen LogP contribution in [0.25, 0.3) is 0 Å². The molecule has 1 heterocycles. The van der Waals surface area contributed by atoms with Gasteiger partial charge in [-0.1, -0.05) is 24.3 Å². The number of nitrogens with one attached hydrogen (secondary N) is 1. The molecule has 1 aliphatic heterocycles. The van der Waals surface area contributed by atoms with Crippen LogP contribution in [0.2, 0.25) is 0 Å². The minimum Gasteiger partial charge on any atom is -0.497 e. The number of methoxy groups -OCH3 is 2. The van der Waals surface area contributed by atoms with Crippen molar-refractivity contribution in [1.29, 1.82) is 0 Å². The summed E-state index contributed by atoms with van der Waals surface area (Å²) in [6.07, 6.45) is 0. The molecule has 2 amide bonds. The van der Waals surface area contributed by atoms with Crippen LogP contribution in [0.5, 0.6) is 11.5 Å². The highest BCUT2D eigenvalue weighted by atomic mass is 32.2. The Morgan fingerprint density at radius 1 is 0.844 bits per heavy atom. The molecule has 8 nitrogen and oxygen atoms in total. The lowest BCUT2D eigenvalue weighted by atomic mass is 10.1. The Bertz CT molecular complexity index is 1270. The molecule has 3 aromatic rings. The van der Waals surface area contributed by atoms with Gasteiger partial charge in [-0.3, -0.25) is 19.2 Å². The Balaban J connectivity index is 1.53. The average molecular weight is 452 g/mol. The molecule has 3 aromatic carbocycles. The number of anilines is 1. The normalized spacial score (nSPS) is 13.1. The predicted molar refractivity (Wildman–Crippen MR) is 117 cm³/mol. The highest BCUT2D eigenvalue weighted by Gasteiger charge is 2.35. The van der Waals surface area contributed by atoms with Gasteiger partial charge in [0.05, 0.1) is 42.5 Å². The van der Waals surface area contributed by atoms with Gasteiger partial charge >= 0.3 is 0 Å². The maximum absolute atomic E-state index is 12.9. The second kappa shape index (κ2) is 8.35. The van der Waals surface area contributed by atoms with Crippen LogP contribution in [-0.4, -0.2) is 39.4 Å². The molecule has 0 aliphatic carbocycles. The number of sulfonamides is 1. The van der Waals surface area contributed by atoms with Crippen LogP contribution in [0.1, 0.15) is 26.3 Å². The molecule has 32 heavy (non-hydrogen) atoms. The molecule has 0 radical (unpaired) electrons. The minimum atomic E-state index is -3.91. The van der Waals surface area contributed by atoms with Gasteiger partial charge in [0.15, 0.2) is 0 Å². The number of nitrogens with zero attached hydrogens (tertiary/aromatic N) is 1. The molecule has 0 saturated heterocycles. The van der Waals surface area contributed by atoms with Crippen LogP contribution in [0.3, 0.4) is 0 Å². The summed E-state index contributed by atoms with van der Waals surface area (Å²) in [5, 5.41) is 0. The fourth-order valence-corrected chi connectivity index (χ4v) is 4.50. The lowest BCUT2D eigenvalue weighted by Crippen LogP contribution is -2.29. The van der Waals surface area contributed by atoms with Gasteiger partial charge in [-0.15, -0.1) is 0 Å². The van der Waals surface area contributed by atoms with Gasteiger partial charge in [0.2, 0.25) is 0 Å². The third kappa shape index (κ3) is 3.90. The number of ether oxygens (including phenoxy) is 2. The van der Waals surface area contributed by atoms with Crippen molar-refractivity contribution in [2.24, 2.45) is 0 Å². The maximum Gasteiger partial charge on any atom is 0.262 e. The number of hydrogen-bond donors (Lipinski definition) is 1. The molecule has 164 valence electrons. The van der Waals surface area contributed by atoms with Crippen LogP contribution in [0.4, 0.5) is 5.69 Å². The van der Waals surface area contributed by atoms with Crippen molar-refractivity contribution >= 4 is 27.5 Å². The van der Waals surface area contributed by atoms with Crippen molar-refractivity contribution < 1.29 is 27.5 Å². The summed E-state index contributed by atoms with van der Waals surface area (Å²) in [4.78, 5) is 26.2. The van der Waals surface area contributed by atoms with E-state index in [0.717, 1.165) is 4.90 Å². The second-order valence-corrected chi connectivity index (χ2v) is 8.74. The molecule has 0 aromatic heterocycles. The molecule has 0 fully saturated rings. The lowest BCUT2D eigenvalue weighted by molar-refractivity contribution is 0.0642. The van der Waals surface area contributed by atoms with Gasteiger partial charge < -0.3 is 9.47 Å². The number of carbonyl (C=O) groups is 2. The smallest absolute Gasteiger partial charge is 0.262 e. The minimum absolute atomic E-state index is 0.0217. The Morgan fingerprint density at radius 3 is 2.03 bits per heavy atom. The van der Waals surface area contributed by atoms with E-state index in [4.69, 9.17) is 9.47 Å². The quantitative estimate of drug-likeness (QED) is 0.552. The Hall–Kier alpha value is -3.85. The van der Waals surface area contributed by atoms with E-state index in [2.05, 4.69) is 4.72 Å². The number of imide groups is 1. The Labute approximate surface area is 185 Å². The van der Waals surface area contributed by atoms with Crippen molar-refractivity contribution in [1.82, 2.24) is 4.90 Å². The molecule has 1 aliphatic rings. The molecule has 0 atom stereocenters. The zero-order chi connectivity index (χ0) is 22.9. The first kappa shape index (κ1) is 21.4. The van der Waals surface area contributed by atoms with Crippen molar-refractivity contribution in [2.45, 2.75) is 11.4 Å². The molecule has 0 spiro atoms. The van der Waals surface area contributed by atoms with Crippen molar-refractivity contribution in [2.75, 3.05) is 18.9 Å². The van der Waals surface area contributed by atoms with Crippen LogP contribution in [0, 0.1) is 0 Å². The highest BCUT2D eigenvalue weighted by Crippen LogP contribution is 2.31. The van der Waals surface area contributed by atoms with E-state index in [-0.39, 0.29) is 28.9 Å². The van der Waals surface area contributed by atoms with E-state index in [9.17, 15) is 18.0 Å². The monoisotopic (exact) mass is 452 g/mol. The van der Waals surface area contributed by atoms with E-state index in [1.54, 1.807) is 48.5 Å². The van der Waals surface area contributed by atoms with Crippen LogP contribution in [0.15, 0.2) is 71.6 Å². The van der Waals surface area contributed by atoms with E-state index >= 15 is 0 Å². The fraction of sp³-hybridized carbons (Fsp3) is 0.130. The van der Waals surface area contributed by atoms with Gasteiger partial charge in [0.1, 0.15) is 11.5 Å². The van der Waals surface area contributed by atoms with E-state index < -0.39 is 10.0 Å². The Morgan fingerprint density at radius 2 is 1.47 bits per heavy atom. The number of hydrogen-bond acceptors (Lipinski definition) is 6. The first-order valence-corrected chi connectivity index (χ1v) is 11.1. The van der Waals surface area contributed by atoms with Crippen LogP contribution in [-0.2, 0) is 16.6 Å². The van der Waals surface area contributed by atoms with Crippen LogP contribution < -0.4 is 14.2 Å². The first-order chi connectivity index (χ1) is 15.3. The van der Waals surface area contributed by atoms with E-state index in [0.29, 0.717) is 28.2 Å². The fourth-order valence-electron chi connectivity index (χ4n) is 3.44. The number of rotatable bonds is 7. The molecule has 0 unspecified atom stereocenters. The summed E-state index contributed by atoms with van der Waals surface area (Å²) in [5.74, 6) is 0.0829. The van der Waals surface area contributed by atoms with E-state index in [1.165, 1.54) is 32.4 Å². The Kier molecular flexibility index (Phi) is 5.58. The van der Waals surface area contributed by atoms with Gasteiger partial charge in [-0.2, -0.15) is 0 Å². The van der Waals surface area contributed by atoms with E-state index in [1.807, 2.05) is 0 Å². The molecule has 1 N–H and O–H groups in total. The summed E-state index contributed by atoms with van der Waals surface area (Å²) >= 11 is 0. The van der Waals surface area contributed by atoms with Crippen LogP contribution >= 0.6 is 0 Å². The molecule has 9 heteroatoms. The lowest BCUT2D eigenvalue weighted by Gasteiger charge is -2.15. The zero-order valence-corrected chi connectivity index (χ0v) is 18.2. The molecular weight excluding hydrogens is 432 g/mol. The number of fused-ring (bicyclic) bond motifs is 1. The molecular formula is C23H20N2O6S.